The lowest BCUT2D eigenvalue weighted by molar-refractivity contribution is 0.102. The van der Waals surface area contributed by atoms with Crippen molar-refractivity contribution < 1.29 is 9.53 Å². The van der Waals surface area contributed by atoms with E-state index in [4.69, 9.17) is 51.1 Å². The van der Waals surface area contributed by atoms with E-state index in [0.29, 0.717) is 22.0 Å². The molecule has 0 aromatic heterocycles. The Morgan fingerprint density at radius 3 is 2.18 bits per heavy atom. The molecule has 3 aromatic carbocycles. The van der Waals surface area contributed by atoms with Crippen LogP contribution in [0.5, 0.6) is 5.75 Å². The largest absolute Gasteiger partial charge is 0.494 e. The minimum Gasteiger partial charge on any atom is -0.494 e. The molecule has 9 heteroatoms. The number of rotatable bonds is 6. The van der Waals surface area contributed by atoms with E-state index >= 15 is 0 Å². The lowest BCUT2D eigenvalue weighted by atomic mass is 10.1. The summed E-state index contributed by atoms with van der Waals surface area (Å²) in [6.07, 6.45) is 0. The fourth-order valence-electron chi connectivity index (χ4n) is 3.94. The number of nitrogens with one attached hydrogen (secondary N) is 1. The fraction of sp³-hybridized carbons (Fsp3) is 0.240. The number of carbonyl (C=O) groups excluding carboxylic acids is 1. The molecular formula is C25H23Cl4N3O2. The number of benzene rings is 3. The van der Waals surface area contributed by atoms with Gasteiger partial charge in [-0.3, -0.25) is 9.69 Å². The minimum atomic E-state index is -0.344. The Kier molecular flexibility index (Phi) is 8.12. The summed E-state index contributed by atoms with van der Waals surface area (Å²) in [6.45, 7) is 4.32. The van der Waals surface area contributed by atoms with Crippen molar-refractivity contribution in [3.63, 3.8) is 0 Å². The average molecular weight is 539 g/mol. The van der Waals surface area contributed by atoms with E-state index in [0.717, 1.165) is 49.0 Å². The summed E-state index contributed by atoms with van der Waals surface area (Å²) in [7, 11) is 1.47. The van der Waals surface area contributed by atoms with Crippen LogP contribution < -0.4 is 15.0 Å². The number of amides is 1. The SMILES string of the molecule is COc1c(Cl)cc(C(=O)Nc2ccc(N3CCN(Cc4ccccc4Cl)CC3)c(Cl)c2)cc1Cl. The summed E-state index contributed by atoms with van der Waals surface area (Å²) < 4.78 is 5.13. The van der Waals surface area contributed by atoms with Crippen molar-refractivity contribution in [1.29, 1.82) is 0 Å². The van der Waals surface area contributed by atoms with Crippen LogP contribution >= 0.6 is 46.4 Å². The van der Waals surface area contributed by atoms with Crippen LogP contribution in [0.25, 0.3) is 0 Å². The molecule has 0 atom stereocenters. The van der Waals surface area contributed by atoms with Gasteiger partial charge in [-0.05, 0) is 42.0 Å². The quantitative estimate of drug-likeness (QED) is 0.371. The third kappa shape index (κ3) is 5.73. The molecule has 34 heavy (non-hydrogen) atoms. The molecule has 1 aliphatic rings. The predicted octanol–water partition coefficient (Wildman–Crippen LogP) is 6.88. The second-order valence-corrected chi connectivity index (χ2v) is 9.58. The fourth-order valence-corrected chi connectivity index (χ4v) is 5.08. The molecule has 1 aliphatic heterocycles. The molecule has 1 amide bonds. The lowest BCUT2D eigenvalue weighted by Crippen LogP contribution is -2.46. The first kappa shape index (κ1) is 25.0. The molecule has 0 radical (unpaired) electrons. The number of nitrogens with zero attached hydrogens (tertiary/aromatic N) is 2. The second kappa shape index (κ2) is 11.1. The van der Waals surface area contributed by atoms with E-state index in [1.165, 1.54) is 19.2 Å². The van der Waals surface area contributed by atoms with E-state index in [1.807, 2.05) is 30.3 Å². The van der Waals surface area contributed by atoms with E-state index in [2.05, 4.69) is 21.2 Å². The monoisotopic (exact) mass is 537 g/mol. The first-order valence-corrected chi connectivity index (χ1v) is 12.2. The summed E-state index contributed by atoms with van der Waals surface area (Å²) in [5, 5.41) is 4.74. The zero-order valence-corrected chi connectivity index (χ0v) is 21.5. The van der Waals surface area contributed by atoms with Crippen LogP contribution in [0.3, 0.4) is 0 Å². The van der Waals surface area contributed by atoms with Crippen LogP contribution in [0.2, 0.25) is 20.1 Å². The van der Waals surface area contributed by atoms with Gasteiger partial charge >= 0.3 is 0 Å². The minimum absolute atomic E-state index is 0.266. The van der Waals surface area contributed by atoms with Crippen LogP contribution in [0.1, 0.15) is 15.9 Å². The second-order valence-electron chi connectivity index (χ2n) is 7.95. The number of anilines is 2. The summed E-state index contributed by atoms with van der Waals surface area (Å²) in [5.41, 5.74) is 2.98. The number of piperazine rings is 1. The first-order valence-electron chi connectivity index (χ1n) is 10.7. The highest BCUT2D eigenvalue weighted by atomic mass is 35.5. The third-order valence-electron chi connectivity index (χ3n) is 5.73. The Hall–Kier alpha value is -2.15. The van der Waals surface area contributed by atoms with E-state index in [1.54, 1.807) is 6.07 Å². The summed E-state index contributed by atoms with van der Waals surface area (Å²) in [6, 6.07) is 16.5. The van der Waals surface area contributed by atoms with E-state index in [-0.39, 0.29) is 16.0 Å². The normalized spacial score (nSPS) is 14.2. The van der Waals surface area contributed by atoms with Crippen LogP contribution in [0.4, 0.5) is 11.4 Å². The molecular weight excluding hydrogens is 516 g/mol. The van der Waals surface area contributed by atoms with Gasteiger partial charge in [0, 0.05) is 49.0 Å². The number of hydrogen-bond acceptors (Lipinski definition) is 4. The van der Waals surface area contributed by atoms with Crippen molar-refractivity contribution in [2.75, 3.05) is 43.5 Å². The highest BCUT2D eigenvalue weighted by Crippen LogP contribution is 2.34. The zero-order chi connectivity index (χ0) is 24.2. The van der Waals surface area contributed by atoms with E-state index < -0.39 is 0 Å². The molecule has 3 aromatic rings. The number of halogens is 4. The molecule has 0 spiro atoms. The third-order valence-corrected chi connectivity index (χ3v) is 6.97. The smallest absolute Gasteiger partial charge is 0.255 e. The topological polar surface area (TPSA) is 44.8 Å². The van der Waals surface area contributed by atoms with Crippen molar-refractivity contribution in [2.24, 2.45) is 0 Å². The Morgan fingerprint density at radius 2 is 1.56 bits per heavy atom. The van der Waals surface area contributed by atoms with Gasteiger partial charge in [-0.2, -0.15) is 0 Å². The zero-order valence-electron chi connectivity index (χ0n) is 18.5. The Labute approximate surface area is 219 Å². The Balaban J connectivity index is 1.38. The van der Waals surface area contributed by atoms with Gasteiger partial charge < -0.3 is 15.0 Å². The molecule has 0 aliphatic carbocycles. The Bertz CT molecular complexity index is 1170. The van der Waals surface area contributed by atoms with Crippen molar-refractivity contribution >= 4 is 63.7 Å². The summed E-state index contributed by atoms with van der Waals surface area (Å²) in [4.78, 5) is 17.3. The van der Waals surface area contributed by atoms with Crippen LogP contribution in [0, 0.1) is 0 Å². The standard InChI is InChI=1S/C25H23Cl4N3O2/c1-34-24-21(28)12-17(13-22(24)29)25(33)30-18-6-7-23(20(27)14-18)32-10-8-31(9-11-32)15-16-4-2-3-5-19(16)26/h2-7,12-14H,8-11,15H2,1H3,(H,30,33). The molecule has 1 N–H and O–H groups in total. The van der Waals surface area contributed by atoms with Crippen molar-refractivity contribution in [2.45, 2.75) is 6.54 Å². The highest BCUT2D eigenvalue weighted by Gasteiger charge is 2.20. The summed E-state index contributed by atoms with van der Waals surface area (Å²) >= 11 is 25.2. The number of methoxy groups -OCH3 is 1. The van der Waals surface area contributed by atoms with Gasteiger partial charge in [0.2, 0.25) is 0 Å². The molecule has 1 fully saturated rings. The van der Waals surface area contributed by atoms with E-state index in [9.17, 15) is 4.79 Å². The van der Waals surface area contributed by atoms with Crippen LogP contribution in [0.15, 0.2) is 54.6 Å². The van der Waals surface area contributed by atoms with Gasteiger partial charge in [-0.25, -0.2) is 0 Å². The lowest BCUT2D eigenvalue weighted by Gasteiger charge is -2.36. The first-order chi connectivity index (χ1) is 16.4. The maximum Gasteiger partial charge on any atom is 0.255 e. The number of hydrogen-bond donors (Lipinski definition) is 1. The van der Waals surface area contributed by atoms with Crippen LogP contribution in [-0.4, -0.2) is 44.1 Å². The van der Waals surface area contributed by atoms with Crippen molar-refractivity contribution in [3.8, 4) is 5.75 Å². The molecule has 1 saturated heterocycles. The molecule has 1 heterocycles. The maximum absolute atomic E-state index is 12.7. The maximum atomic E-state index is 12.7. The molecule has 178 valence electrons. The van der Waals surface area contributed by atoms with Gasteiger partial charge in [0.1, 0.15) is 0 Å². The molecule has 0 unspecified atom stereocenters. The van der Waals surface area contributed by atoms with Gasteiger partial charge in [0.05, 0.1) is 27.9 Å². The predicted molar refractivity (Wildman–Crippen MR) is 141 cm³/mol. The number of ether oxygens (including phenoxy) is 1. The van der Waals surface area contributed by atoms with Crippen molar-refractivity contribution in [3.05, 3.63) is 85.8 Å². The molecule has 5 nitrogen and oxygen atoms in total. The van der Waals surface area contributed by atoms with Gasteiger partial charge in [0.15, 0.2) is 5.75 Å². The highest BCUT2D eigenvalue weighted by molar-refractivity contribution is 6.38. The van der Waals surface area contributed by atoms with Gasteiger partial charge in [-0.15, -0.1) is 0 Å². The molecule has 0 saturated carbocycles. The summed E-state index contributed by atoms with van der Waals surface area (Å²) in [5.74, 6) is -0.0114. The average Bonchev–Trinajstić information content (AvgIpc) is 2.81. The van der Waals surface area contributed by atoms with Gasteiger partial charge in [-0.1, -0.05) is 64.6 Å². The molecule has 4 rings (SSSR count). The van der Waals surface area contributed by atoms with Crippen molar-refractivity contribution in [1.82, 2.24) is 4.90 Å². The van der Waals surface area contributed by atoms with Crippen LogP contribution in [-0.2, 0) is 6.54 Å². The Morgan fingerprint density at radius 1 is 0.882 bits per heavy atom. The molecule has 0 bridgehead atoms. The number of carbonyl (C=O) groups is 1. The van der Waals surface area contributed by atoms with Gasteiger partial charge in [0.25, 0.3) is 5.91 Å².